The molecule has 0 aliphatic heterocycles. The lowest BCUT2D eigenvalue weighted by Gasteiger charge is -2.23. The maximum atomic E-state index is 11.1. The Morgan fingerprint density at radius 2 is 1.68 bits per heavy atom. The second-order valence-corrected chi connectivity index (χ2v) is 5.68. The van der Waals surface area contributed by atoms with E-state index in [-0.39, 0.29) is 5.41 Å². The fourth-order valence-corrected chi connectivity index (χ4v) is 2.21. The van der Waals surface area contributed by atoms with Crippen LogP contribution in [0.5, 0.6) is 0 Å². The number of aromatic carboxylic acids is 1. The SMILES string of the molecule is CC(C)(C)c1ccccc1-c1cccc(C(=O)O)c1. The molecule has 2 aromatic rings. The standard InChI is InChI=1S/C17H18O2/c1-17(2,3)15-10-5-4-9-14(15)12-7-6-8-13(11-12)16(18)19/h4-11H,1-3H3,(H,18,19). The molecule has 0 heterocycles. The molecule has 0 fully saturated rings. The van der Waals surface area contributed by atoms with Gasteiger partial charge in [0, 0.05) is 0 Å². The average molecular weight is 254 g/mol. The molecule has 1 N–H and O–H groups in total. The predicted molar refractivity (Wildman–Crippen MR) is 77.5 cm³/mol. The van der Waals surface area contributed by atoms with Crippen molar-refractivity contribution >= 4 is 5.97 Å². The highest BCUT2D eigenvalue weighted by Gasteiger charge is 2.18. The first-order chi connectivity index (χ1) is 8.89. The van der Waals surface area contributed by atoms with Crippen molar-refractivity contribution in [2.45, 2.75) is 26.2 Å². The summed E-state index contributed by atoms with van der Waals surface area (Å²) in [5.74, 6) is -0.893. The first-order valence-electron chi connectivity index (χ1n) is 6.33. The van der Waals surface area contributed by atoms with Gasteiger partial charge in [0.25, 0.3) is 0 Å². The molecule has 0 radical (unpaired) electrons. The lowest BCUT2D eigenvalue weighted by molar-refractivity contribution is 0.0697. The van der Waals surface area contributed by atoms with Gasteiger partial charge in [0.05, 0.1) is 5.56 Å². The Bertz CT molecular complexity index is 607. The van der Waals surface area contributed by atoms with E-state index in [2.05, 4.69) is 26.8 Å². The zero-order chi connectivity index (χ0) is 14.0. The molecule has 0 unspecified atom stereocenters. The minimum atomic E-state index is -0.893. The van der Waals surface area contributed by atoms with Crippen LogP contribution in [0.2, 0.25) is 0 Å². The summed E-state index contributed by atoms with van der Waals surface area (Å²) >= 11 is 0. The molecule has 0 atom stereocenters. The summed E-state index contributed by atoms with van der Waals surface area (Å²) < 4.78 is 0. The third-order valence-electron chi connectivity index (χ3n) is 3.16. The second-order valence-electron chi connectivity index (χ2n) is 5.68. The Kier molecular flexibility index (Phi) is 3.43. The summed E-state index contributed by atoms with van der Waals surface area (Å²) in [5.41, 5.74) is 3.61. The summed E-state index contributed by atoms with van der Waals surface area (Å²) in [6, 6.07) is 15.2. The molecule has 0 saturated carbocycles. The molecular formula is C17H18O2. The zero-order valence-electron chi connectivity index (χ0n) is 11.5. The van der Waals surface area contributed by atoms with Crippen LogP contribution in [-0.4, -0.2) is 11.1 Å². The fourth-order valence-electron chi connectivity index (χ4n) is 2.21. The molecule has 0 aliphatic rings. The van der Waals surface area contributed by atoms with Crippen LogP contribution >= 0.6 is 0 Å². The van der Waals surface area contributed by atoms with Gasteiger partial charge in [0.2, 0.25) is 0 Å². The lowest BCUT2D eigenvalue weighted by Crippen LogP contribution is -2.12. The van der Waals surface area contributed by atoms with E-state index in [1.165, 1.54) is 5.56 Å². The van der Waals surface area contributed by atoms with Crippen molar-refractivity contribution in [1.29, 1.82) is 0 Å². The van der Waals surface area contributed by atoms with Crippen LogP contribution in [0.1, 0.15) is 36.7 Å². The number of benzene rings is 2. The Balaban J connectivity index is 2.60. The van der Waals surface area contributed by atoms with Gasteiger partial charge in [0.15, 0.2) is 0 Å². The minimum Gasteiger partial charge on any atom is -0.478 e. The number of hydrogen-bond donors (Lipinski definition) is 1. The van der Waals surface area contributed by atoms with E-state index in [0.717, 1.165) is 11.1 Å². The first-order valence-corrected chi connectivity index (χ1v) is 6.33. The summed E-state index contributed by atoms with van der Waals surface area (Å²) in [7, 11) is 0. The van der Waals surface area contributed by atoms with E-state index in [0.29, 0.717) is 5.56 Å². The average Bonchev–Trinajstić information content (AvgIpc) is 2.38. The Hall–Kier alpha value is -2.09. The van der Waals surface area contributed by atoms with E-state index in [9.17, 15) is 4.79 Å². The molecule has 2 nitrogen and oxygen atoms in total. The molecule has 0 aromatic heterocycles. The predicted octanol–water partition coefficient (Wildman–Crippen LogP) is 4.35. The van der Waals surface area contributed by atoms with Crippen LogP contribution < -0.4 is 0 Å². The summed E-state index contributed by atoms with van der Waals surface area (Å²) in [6.07, 6.45) is 0. The van der Waals surface area contributed by atoms with Gasteiger partial charge in [-0.15, -0.1) is 0 Å². The summed E-state index contributed by atoms with van der Waals surface area (Å²) in [6.45, 7) is 6.48. The van der Waals surface area contributed by atoms with E-state index in [1.807, 2.05) is 24.3 Å². The van der Waals surface area contributed by atoms with Crippen LogP contribution in [-0.2, 0) is 5.41 Å². The first kappa shape index (κ1) is 13.3. The normalized spacial score (nSPS) is 11.3. The molecule has 98 valence electrons. The molecule has 0 spiro atoms. The smallest absolute Gasteiger partial charge is 0.335 e. The molecule has 2 rings (SSSR count). The Labute approximate surface area is 113 Å². The van der Waals surface area contributed by atoms with Crippen LogP contribution in [0.3, 0.4) is 0 Å². The van der Waals surface area contributed by atoms with Crippen molar-refractivity contribution in [3.05, 3.63) is 59.7 Å². The van der Waals surface area contributed by atoms with Crippen LogP contribution in [0, 0.1) is 0 Å². The highest BCUT2D eigenvalue weighted by Crippen LogP contribution is 2.33. The van der Waals surface area contributed by atoms with Crippen molar-refractivity contribution in [2.75, 3.05) is 0 Å². The van der Waals surface area contributed by atoms with Crippen molar-refractivity contribution in [1.82, 2.24) is 0 Å². The van der Waals surface area contributed by atoms with Crippen LogP contribution in [0.25, 0.3) is 11.1 Å². The van der Waals surface area contributed by atoms with Crippen LogP contribution in [0.15, 0.2) is 48.5 Å². The third-order valence-corrected chi connectivity index (χ3v) is 3.16. The van der Waals surface area contributed by atoms with E-state index in [1.54, 1.807) is 18.2 Å². The minimum absolute atomic E-state index is 0.0236. The van der Waals surface area contributed by atoms with Gasteiger partial charge in [-0.3, -0.25) is 0 Å². The molecule has 0 saturated heterocycles. The van der Waals surface area contributed by atoms with Gasteiger partial charge in [-0.05, 0) is 34.2 Å². The van der Waals surface area contributed by atoms with Crippen LogP contribution in [0.4, 0.5) is 0 Å². The highest BCUT2D eigenvalue weighted by molar-refractivity contribution is 5.89. The summed E-state index contributed by atoms with van der Waals surface area (Å²) in [4.78, 5) is 11.1. The largest absolute Gasteiger partial charge is 0.478 e. The molecule has 2 aromatic carbocycles. The van der Waals surface area contributed by atoms with Gasteiger partial charge >= 0.3 is 5.97 Å². The Morgan fingerprint density at radius 1 is 1.00 bits per heavy atom. The van der Waals surface area contributed by atoms with E-state index in [4.69, 9.17) is 5.11 Å². The molecule has 0 aliphatic carbocycles. The Morgan fingerprint density at radius 3 is 2.32 bits per heavy atom. The van der Waals surface area contributed by atoms with E-state index >= 15 is 0 Å². The molecule has 0 amide bonds. The maximum Gasteiger partial charge on any atom is 0.335 e. The molecule has 2 heteroatoms. The van der Waals surface area contributed by atoms with Gasteiger partial charge in [0.1, 0.15) is 0 Å². The number of carboxylic acid groups (broad SMARTS) is 1. The number of carboxylic acids is 1. The monoisotopic (exact) mass is 254 g/mol. The fraction of sp³-hybridized carbons (Fsp3) is 0.235. The number of carbonyl (C=O) groups is 1. The van der Waals surface area contributed by atoms with Gasteiger partial charge in [-0.2, -0.15) is 0 Å². The van der Waals surface area contributed by atoms with Crippen molar-refractivity contribution < 1.29 is 9.90 Å². The summed E-state index contributed by atoms with van der Waals surface area (Å²) in [5, 5.41) is 9.09. The van der Waals surface area contributed by atoms with Gasteiger partial charge < -0.3 is 5.11 Å². The second kappa shape index (κ2) is 4.88. The quantitative estimate of drug-likeness (QED) is 0.865. The van der Waals surface area contributed by atoms with Crippen molar-refractivity contribution in [3.8, 4) is 11.1 Å². The van der Waals surface area contributed by atoms with Crippen molar-refractivity contribution in [2.24, 2.45) is 0 Å². The maximum absolute atomic E-state index is 11.1. The number of rotatable bonds is 2. The third kappa shape index (κ3) is 2.84. The van der Waals surface area contributed by atoms with Crippen molar-refractivity contribution in [3.63, 3.8) is 0 Å². The lowest BCUT2D eigenvalue weighted by atomic mass is 9.82. The highest BCUT2D eigenvalue weighted by atomic mass is 16.4. The number of hydrogen-bond acceptors (Lipinski definition) is 1. The molecule has 0 bridgehead atoms. The van der Waals surface area contributed by atoms with E-state index < -0.39 is 5.97 Å². The van der Waals surface area contributed by atoms with Gasteiger partial charge in [-0.25, -0.2) is 4.79 Å². The molecule has 19 heavy (non-hydrogen) atoms. The topological polar surface area (TPSA) is 37.3 Å². The molecular weight excluding hydrogens is 236 g/mol. The van der Waals surface area contributed by atoms with Gasteiger partial charge in [-0.1, -0.05) is 57.2 Å². The zero-order valence-corrected chi connectivity index (χ0v) is 11.5.